The van der Waals surface area contributed by atoms with E-state index in [1.807, 2.05) is 72.8 Å². The number of anilines is 2. The van der Waals surface area contributed by atoms with E-state index in [-0.39, 0.29) is 0 Å². The molecule has 5 nitrogen and oxygen atoms in total. The van der Waals surface area contributed by atoms with Crippen LogP contribution in [0.25, 0.3) is 17.0 Å². The van der Waals surface area contributed by atoms with E-state index < -0.39 is 0 Å². The van der Waals surface area contributed by atoms with E-state index in [9.17, 15) is 0 Å². The lowest BCUT2D eigenvalue weighted by atomic mass is 10.1. The molecule has 0 saturated heterocycles. The maximum atomic E-state index is 6.12. The van der Waals surface area contributed by atoms with Crippen molar-refractivity contribution in [1.82, 2.24) is 4.98 Å². The Bertz CT molecular complexity index is 1170. The lowest BCUT2D eigenvalue weighted by molar-refractivity contribution is 0.355. The molecular weight excluding hydrogens is 376 g/mol. The van der Waals surface area contributed by atoms with Crippen molar-refractivity contribution < 1.29 is 14.2 Å². The lowest BCUT2D eigenvalue weighted by Gasteiger charge is -2.13. The summed E-state index contributed by atoms with van der Waals surface area (Å²) in [6.07, 6.45) is 3.54. The van der Waals surface area contributed by atoms with E-state index in [0.29, 0.717) is 17.2 Å². The van der Waals surface area contributed by atoms with Crippen LogP contribution >= 0.6 is 0 Å². The largest absolute Gasteiger partial charge is 0.493 e. The van der Waals surface area contributed by atoms with Crippen LogP contribution in [0.5, 0.6) is 23.0 Å². The summed E-state index contributed by atoms with van der Waals surface area (Å²) >= 11 is 0. The van der Waals surface area contributed by atoms with Crippen LogP contribution in [-0.4, -0.2) is 19.2 Å². The molecule has 0 spiro atoms. The molecule has 0 radical (unpaired) electrons. The maximum absolute atomic E-state index is 6.12. The molecule has 0 aliphatic carbocycles. The molecule has 0 aliphatic rings. The van der Waals surface area contributed by atoms with E-state index in [0.717, 1.165) is 33.6 Å². The van der Waals surface area contributed by atoms with E-state index >= 15 is 0 Å². The van der Waals surface area contributed by atoms with Gasteiger partial charge in [0.05, 0.1) is 19.7 Å². The Morgan fingerprint density at radius 1 is 0.800 bits per heavy atom. The van der Waals surface area contributed by atoms with Crippen molar-refractivity contribution in [2.45, 2.75) is 0 Å². The summed E-state index contributed by atoms with van der Waals surface area (Å²) in [4.78, 5) is 4.41. The number of hydrogen-bond acceptors (Lipinski definition) is 5. The van der Waals surface area contributed by atoms with Gasteiger partial charge in [-0.1, -0.05) is 24.8 Å². The third-order valence-electron chi connectivity index (χ3n) is 4.72. The second-order valence-corrected chi connectivity index (χ2v) is 6.61. The summed E-state index contributed by atoms with van der Waals surface area (Å²) in [5, 5.41) is 4.22. The van der Waals surface area contributed by atoms with Gasteiger partial charge >= 0.3 is 0 Å². The molecule has 0 saturated carbocycles. The molecule has 0 bridgehead atoms. The van der Waals surface area contributed by atoms with E-state index in [1.54, 1.807) is 20.4 Å². The highest BCUT2D eigenvalue weighted by molar-refractivity contribution is 5.88. The molecule has 0 unspecified atom stereocenters. The first-order chi connectivity index (χ1) is 14.7. The highest BCUT2D eigenvalue weighted by Crippen LogP contribution is 2.37. The van der Waals surface area contributed by atoms with Crippen LogP contribution < -0.4 is 19.5 Å². The molecule has 1 N–H and O–H groups in total. The molecule has 150 valence electrons. The van der Waals surface area contributed by atoms with Gasteiger partial charge in [0, 0.05) is 29.0 Å². The van der Waals surface area contributed by atoms with Crippen LogP contribution in [0, 0.1) is 0 Å². The molecule has 4 aromatic rings. The van der Waals surface area contributed by atoms with Crippen LogP contribution in [0.1, 0.15) is 5.56 Å². The van der Waals surface area contributed by atoms with Crippen molar-refractivity contribution in [1.29, 1.82) is 0 Å². The summed E-state index contributed by atoms with van der Waals surface area (Å²) in [7, 11) is 3.21. The number of aromatic nitrogens is 1. The predicted molar refractivity (Wildman–Crippen MR) is 121 cm³/mol. The fourth-order valence-corrected chi connectivity index (χ4v) is 3.14. The number of nitrogens with one attached hydrogen (secondary N) is 1. The Balaban J connectivity index is 1.55. The zero-order valence-electron chi connectivity index (χ0n) is 16.9. The Morgan fingerprint density at radius 2 is 1.43 bits per heavy atom. The van der Waals surface area contributed by atoms with Crippen LogP contribution in [0.3, 0.4) is 0 Å². The van der Waals surface area contributed by atoms with Gasteiger partial charge in [-0.15, -0.1) is 0 Å². The van der Waals surface area contributed by atoms with E-state index in [2.05, 4.69) is 16.9 Å². The Labute approximate surface area is 175 Å². The highest BCUT2D eigenvalue weighted by Gasteiger charge is 2.11. The Hall–Kier alpha value is -3.99. The minimum Gasteiger partial charge on any atom is -0.493 e. The minimum absolute atomic E-state index is 0.630. The number of rotatable bonds is 7. The number of ether oxygens (including phenoxy) is 3. The van der Waals surface area contributed by atoms with Crippen molar-refractivity contribution in [2.75, 3.05) is 19.5 Å². The summed E-state index contributed by atoms with van der Waals surface area (Å²) in [6, 6.07) is 21.4. The lowest BCUT2D eigenvalue weighted by Crippen LogP contribution is -1.94. The summed E-state index contributed by atoms with van der Waals surface area (Å²) in [6.45, 7) is 3.77. The highest BCUT2D eigenvalue weighted by atomic mass is 16.5. The Morgan fingerprint density at radius 3 is 2.07 bits per heavy atom. The fraction of sp³-hybridized carbons (Fsp3) is 0.0800. The number of hydrogen-bond donors (Lipinski definition) is 1. The molecule has 30 heavy (non-hydrogen) atoms. The van der Waals surface area contributed by atoms with Crippen LogP contribution in [0.2, 0.25) is 0 Å². The van der Waals surface area contributed by atoms with Gasteiger partial charge in [-0.05, 0) is 54.1 Å². The van der Waals surface area contributed by atoms with Gasteiger partial charge in [0.25, 0.3) is 0 Å². The molecular formula is C25H22N2O3. The quantitative estimate of drug-likeness (QED) is 0.389. The fourth-order valence-electron chi connectivity index (χ4n) is 3.14. The number of benzene rings is 3. The van der Waals surface area contributed by atoms with Gasteiger partial charge in [0.1, 0.15) is 11.5 Å². The average Bonchev–Trinajstić information content (AvgIpc) is 2.80. The van der Waals surface area contributed by atoms with Crippen LogP contribution in [0.15, 0.2) is 79.5 Å². The zero-order valence-corrected chi connectivity index (χ0v) is 16.9. The second-order valence-electron chi connectivity index (χ2n) is 6.61. The number of fused-ring (bicyclic) bond motifs is 1. The topological polar surface area (TPSA) is 52.6 Å². The van der Waals surface area contributed by atoms with Gasteiger partial charge in [-0.25, -0.2) is 0 Å². The van der Waals surface area contributed by atoms with Gasteiger partial charge < -0.3 is 19.5 Å². The van der Waals surface area contributed by atoms with Crippen LogP contribution in [-0.2, 0) is 0 Å². The summed E-state index contributed by atoms with van der Waals surface area (Å²) in [5.41, 5.74) is 3.84. The zero-order chi connectivity index (χ0) is 20.9. The third kappa shape index (κ3) is 4.05. The monoisotopic (exact) mass is 398 g/mol. The summed E-state index contributed by atoms with van der Waals surface area (Å²) in [5.74, 6) is 2.68. The molecule has 3 aromatic carbocycles. The van der Waals surface area contributed by atoms with Crippen molar-refractivity contribution in [3.8, 4) is 23.0 Å². The third-order valence-corrected chi connectivity index (χ3v) is 4.72. The number of pyridine rings is 1. The van der Waals surface area contributed by atoms with Gasteiger partial charge in [-0.3, -0.25) is 4.98 Å². The van der Waals surface area contributed by atoms with Crippen molar-refractivity contribution in [3.63, 3.8) is 0 Å². The van der Waals surface area contributed by atoms with Crippen molar-refractivity contribution in [3.05, 3.63) is 85.1 Å². The standard InChI is InChI=1S/C25H22N2O3/c1-4-17-5-7-18(8-6-17)27-19-9-11-20(12-10-19)30-23-13-14-26-22-16-25(29-3)24(28-2)15-21(22)23/h4-16,27H,1H2,2-3H3. The van der Waals surface area contributed by atoms with Gasteiger partial charge in [-0.2, -0.15) is 0 Å². The molecule has 1 aromatic heterocycles. The first-order valence-electron chi connectivity index (χ1n) is 9.48. The first kappa shape index (κ1) is 19.3. The van der Waals surface area contributed by atoms with Gasteiger partial charge in [0.15, 0.2) is 11.5 Å². The molecule has 0 aliphatic heterocycles. The molecule has 4 rings (SSSR count). The molecule has 0 fully saturated rings. The SMILES string of the molecule is C=Cc1ccc(Nc2ccc(Oc3ccnc4cc(OC)c(OC)cc34)cc2)cc1. The number of nitrogens with zero attached hydrogens (tertiary/aromatic N) is 1. The smallest absolute Gasteiger partial charge is 0.162 e. The normalized spacial score (nSPS) is 10.5. The maximum Gasteiger partial charge on any atom is 0.162 e. The van der Waals surface area contributed by atoms with Gasteiger partial charge in [0.2, 0.25) is 0 Å². The predicted octanol–water partition coefficient (Wildman–Crippen LogP) is 6.43. The molecule has 0 amide bonds. The van der Waals surface area contributed by atoms with E-state index in [1.165, 1.54) is 0 Å². The van der Waals surface area contributed by atoms with E-state index in [4.69, 9.17) is 14.2 Å². The summed E-state index contributed by atoms with van der Waals surface area (Å²) < 4.78 is 16.9. The van der Waals surface area contributed by atoms with Crippen LogP contribution in [0.4, 0.5) is 11.4 Å². The second kappa shape index (κ2) is 8.57. The molecule has 5 heteroatoms. The molecule has 0 atom stereocenters. The number of methoxy groups -OCH3 is 2. The minimum atomic E-state index is 0.630. The van der Waals surface area contributed by atoms with Crippen molar-refractivity contribution in [2.24, 2.45) is 0 Å². The average molecular weight is 398 g/mol. The van der Waals surface area contributed by atoms with Crippen molar-refractivity contribution >= 4 is 28.4 Å². The Kier molecular flexibility index (Phi) is 5.52. The first-order valence-corrected chi connectivity index (χ1v) is 9.48. The molecule has 1 heterocycles.